The van der Waals surface area contributed by atoms with Crippen LogP contribution in [-0.4, -0.2) is 20.3 Å². The zero-order valence-electron chi connectivity index (χ0n) is 11.8. The topological polar surface area (TPSA) is 77.8 Å². The van der Waals surface area contributed by atoms with E-state index in [2.05, 4.69) is 20.3 Å². The van der Waals surface area contributed by atoms with Gasteiger partial charge >= 0.3 is 0 Å². The number of halogens is 1. The average molecular weight is 320 g/mol. The average Bonchev–Trinajstić information content (AvgIpc) is 3.11. The van der Waals surface area contributed by atoms with E-state index in [4.69, 9.17) is 8.94 Å². The molecule has 0 amide bonds. The van der Waals surface area contributed by atoms with E-state index in [1.807, 2.05) is 0 Å². The van der Waals surface area contributed by atoms with Gasteiger partial charge in [0.1, 0.15) is 5.82 Å². The van der Waals surface area contributed by atoms with Crippen LogP contribution in [0.5, 0.6) is 0 Å². The minimum atomic E-state index is -0.259. The Morgan fingerprint density at radius 3 is 2.59 bits per heavy atom. The predicted molar refractivity (Wildman–Crippen MR) is 77.5 cm³/mol. The summed E-state index contributed by atoms with van der Waals surface area (Å²) >= 11 is 1.55. The summed E-state index contributed by atoms with van der Waals surface area (Å²) in [5.41, 5.74) is 0.933. The van der Waals surface area contributed by atoms with Crippen molar-refractivity contribution in [1.82, 2.24) is 20.3 Å². The molecule has 0 bridgehead atoms. The maximum absolute atomic E-state index is 12.8. The normalized spacial score (nSPS) is 11.0. The number of hydrogen-bond donors (Lipinski definition) is 0. The van der Waals surface area contributed by atoms with Gasteiger partial charge in [0.25, 0.3) is 0 Å². The van der Waals surface area contributed by atoms with E-state index in [-0.39, 0.29) is 5.82 Å². The number of hydrogen-bond acceptors (Lipinski definition) is 7. The molecule has 0 spiro atoms. The van der Waals surface area contributed by atoms with Gasteiger partial charge < -0.3 is 8.94 Å². The highest BCUT2D eigenvalue weighted by molar-refractivity contribution is 7.97. The van der Waals surface area contributed by atoms with Crippen molar-refractivity contribution in [3.05, 3.63) is 59.1 Å². The van der Waals surface area contributed by atoms with E-state index in [0.717, 1.165) is 5.56 Å². The second kappa shape index (κ2) is 6.69. The van der Waals surface area contributed by atoms with Gasteiger partial charge in [-0.25, -0.2) is 4.39 Å². The van der Waals surface area contributed by atoms with Gasteiger partial charge in [0.15, 0.2) is 5.82 Å². The number of benzene rings is 1. The molecule has 0 fully saturated rings. The van der Waals surface area contributed by atoms with E-state index in [1.165, 1.54) is 12.1 Å². The summed E-state index contributed by atoms with van der Waals surface area (Å²) in [5.74, 6) is 3.15. The lowest BCUT2D eigenvalue weighted by atomic mass is 10.1. The Labute approximate surface area is 130 Å². The van der Waals surface area contributed by atoms with Crippen LogP contribution >= 0.6 is 11.8 Å². The highest BCUT2D eigenvalue weighted by Crippen LogP contribution is 2.16. The summed E-state index contributed by atoms with van der Waals surface area (Å²) in [4.78, 5) is 4.31. The Balaban J connectivity index is 1.51. The molecule has 0 N–H and O–H groups in total. The first-order valence-electron chi connectivity index (χ1n) is 6.61. The predicted octanol–water partition coefficient (Wildman–Crippen LogP) is 2.92. The molecular weight excluding hydrogens is 307 g/mol. The van der Waals surface area contributed by atoms with E-state index >= 15 is 0 Å². The molecule has 0 aliphatic rings. The third kappa shape index (κ3) is 3.91. The van der Waals surface area contributed by atoms with Gasteiger partial charge in [0.05, 0.1) is 11.5 Å². The molecule has 0 aliphatic heterocycles. The van der Waals surface area contributed by atoms with Crippen LogP contribution in [0.2, 0.25) is 0 Å². The van der Waals surface area contributed by atoms with Crippen LogP contribution in [0.1, 0.15) is 29.1 Å². The van der Waals surface area contributed by atoms with Crippen molar-refractivity contribution in [2.75, 3.05) is 0 Å². The van der Waals surface area contributed by atoms with Crippen LogP contribution in [0.3, 0.4) is 0 Å². The molecule has 0 unspecified atom stereocenters. The first-order chi connectivity index (χ1) is 10.7. The summed E-state index contributed by atoms with van der Waals surface area (Å²) in [6, 6.07) is 6.24. The van der Waals surface area contributed by atoms with Crippen molar-refractivity contribution in [3.8, 4) is 0 Å². The van der Waals surface area contributed by atoms with Gasteiger partial charge in [-0.1, -0.05) is 17.3 Å². The smallest absolute Gasteiger partial charge is 0.236 e. The summed E-state index contributed by atoms with van der Waals surface area (Å²) in [6.45, 7) is 1.75. The van der Waals surface area contributed by atoms with Crippen molar-refractivity contribution < 1.29 is 13.3 Å². The fourth-order valence-electron chi connectivity index (χ4n) is 1.83. The second-order valence-electron chi connectivity index (χ2n) is 4.62. The monoisotopic (exact) mass is 320 g/mol. The Bertz CT molecular complexity index is 741. The van der Waals surface area contributed by atoms with Gasteiger partial charge in [-0.2, -0.15) is 4.98 Å². The highest BCUT2D eigenvalue weighted by Gasteiger charge is 2.09. The molecule has 0 saturated carbocycles. The third-order valence-corrected chi connectivity index (χ3v) is 3.71. The molecule has 3 aromatic rings. The molecule has 1 aromatic carbocycles. The standard InChI is InChI=1S/C14H13FN4O2S/c1-9-17-18-14(20-9)8-22-7-13-16-12(19-21-13)6-10-2-4-11(15)5-3-10/h2-5H,6-8H2,1H3. The zero-order chi connectivity index (χ0) is 15.4. The lowest BCUT2D eigenvalue weighted by Gasteiger charge is -1.95. The molecule has 2 aromatic heterocycles. The zero-order valence-corrected chi connectivity index (χ0v) is 12.6. The van der Waals surface area contributed by atoms with Crippen LogP contribution in [-0.2, 0) is 17.9 Å². The molecular formula is C14H13FN4O2S. The van der Waals surface area contributed by atoms with Gasteiger partial charge in [-0.05, 0) is 17.7 Å². The lowest BCUT2D eigenvalue weighted by molar-refractivity contribution is 0.385. The Morgan fingerprint density at radius 2 is 1.86 bits per heavy atom. The van der Waals surface area contributed by atoms with Crippen molar-refractivity contribution >= 4 is 11.8 Å². The largest absolute Gasteiger partial charge is 0.425 e. The van der Waals surface area contributed by atoms with Crippen LogP contribution in [0.15, 0.2) is 33.2 Å². The van der Waals surface area contributed by atoms with E-state index < -0.39 is 0 Å². The molecule has 0 saturated heterocycles. The Hall–Kier alpha value is -2.22. The van der Waals surface area contributed by atoms with E-state index in [9.17, 15) is 4.39 Å². The molecule has 0 aliphatic carbocycles. The fourth-order valence-corrected chi connectivity index (χ4v) is 2.51. The van der Waals surface area contributed by atoms with Crippen molar-refractivity contribution in [2.45, 2.75) is 24.9 Å². The second-order valence-corrected chi connectivity index (χ2v) is 5.60. The third-order valence-electron chi connectivity index (χ3n) is 2.80. The number of rotatable bonds is 6. The van der Waals surface area contributed by atoms with Crippen LogP contribution in [0, 0.1) is 12.7 Å². The molecule has 3 rings (SSSR count). The Kier molecular flexibility index (Phi) is 4.47. The maximum Gasteiger partial charge on any atom is 0.236 e. The molecule has 22 heavy (non-hydrogen) atoms. The molecule has 0 atom stereocenters. The summed E-state index contributed by atoms with van der Waals surface area (Å²) < 4.78 is 23.3. The SMILES string of the molecule is Cc1nnc(CSCc2nc(Cc3ccc(F)cc3)no2)o1. The van der Waals surface area contributed by atoms with Gasteiger partial charge in [-0.15, -0.1) is 22.0 Å². The Morgan fingerprint density at radius 1 is 1.09 bits per heavy atom. The minimum Gasteiger partial charge on any atom is -0.425 e. The number of aryl methyl sites for hydroxylation is 1. The van der Waals surface area contributed by atoms with Crippen molar-refractivity contribution in [1.29, 1.82) is 0 Å². The highest BCUT2D eigenvalue weighted by atomic mass is 32.2. The molecule has 6 nitrogen and oxygen atoms in total. The number of nitrogens with zero attached hydrogens (tertiary/aromatic N) is 4. The molecule has 8 heteroatoms. The maximum atomic E-state index is 12.8. The van der Waals surface area contributed by atoms with Crippen LogP contribution in [0.4, 0.5) is 4.39 Å². The molecule has 2 heterocycles. The quantitative estimate of drug-likeness (QED) is 0.691. The van der Waals surface area contributed by atoms with E-state index in [0.29, 0.717) is 41.4 Å². The summed E-state index contributed by atoms with van der Waals surface area (Å²) in [7, 11) is 0. The number of thioether (sulfide) groups is 1. The van der Waals surface area contributed by atoms with Crippen molar-refractivity contribution in [3.63, 3.8) is 0 Å². The first-order valence-corrected chi connectivity index (χ1v) is 7.77. The minimum absolute atomic E-state index is 0.259. The molecule has 0 radical (unpaired) electrons. The van der Waals surface area contributed by atoms with Gasteiger partial charge in [-0.3, -0.25) is 0 Å². The van der Waals surface area contributed by atoms with Crippen LogP contribution < -0.4 is 0 Å². The number of aromatic nitrogens is 4. The van der Waals surface area contributed by atoms with Gasteiger partial charge in [0.2, 0.25) is 17.7 Å². The summed E-state index contributed by atoms with van der Waals surface area (Å²) in [5, 5.41) is 11.6. The first kappa shape index (κ1) is 14.7. The fraction of sp³-hybridized carbons (Fsp3) is 0.286. The van der Waals surface area contributed by atoms with Crippen LogP contribution in [0.25, 0.3) is 0 Å². The lowest BCUT2D eigenvalue weighted by Crippen LogP contribution is -1.91. The van der Waals surface area contributed by atoms with Crippen molar-refractivity contribution in [2.24, 2.45) is 0 Å². The van der Waals surface area contributed by atoms with E-state index in [1.54, 1.807) is 30.8 Å². The molecule has 114 valence electrons. The van der Waals surface area contributed by atoms with Gasteiger partial charge in [0, 0.05) is 13.3 Å². The summed E-state index contributed by atoms with van der Waals surface area (Å²) in [6.07, 6.45) is 0.511.